The largest absolute Gasteiger partial charge is 0.494 e. The van der Waals surface area contributed by atoms with E-state index in [0.717, 1.165) is 86.0 Å². The van der Waals surface area contributed by atoms with E-state index < -0.39 is 11.8 Å². The quantitative estimate of drug-likeness (QED) is 0.0224. The zero-order chi connectivity index (χ0) is 42.8. The number of hydrogen-bond donors (Lipinski definition) is 1. The molecule has 0 bridgehead atoms. The average Bonchev–Trinajstić information content (AvgIpc) is 3.95. The Hall–Kier alpha value is -6.83. The van der Waals surface area contributed by atoms with Gasteiger partial charge in [-0.3, -0.25) is 10.2 Å². The molecule has 6 aromatic carbocycles. The summed E-state index contributed by atoms with van der Waals surface area (Å²) in [6.07, 6.45) is 6.83. The number of rotatable bonds is 18. The number of thiazole rings is 1. The maximum atomic E-state index is 16.9. The van der Waals surface area contributed by atoms with E-state index in [1.165, 1.54) is 23.1 Å². The number of carbonyl (C=O) groups excluding carboxylic acids is 2. The Bertz CT molecular complexity index is 2910. The maximum Gasteiger partial charge on any atom is 0.330 e. The Balaban J connectivity index is 0.936. The lowest BCUT2D eigenvalue weighted by molar-refractivity contribution is -0.138. The van der Waals surface area contributed by atoms with Gasteiger partial charge in [0, 0.05) is 23.6 Å². The predicted octanol–water partition coefficient (Wildman–Crippen LogP) is 11.8. The van der Waals surface area contributed by atoms with Gasteiger partial charge in [-0.2, -0.15) is 13.8 Å². The van der Waals surface area contributed by atoms with Gasteiger partial charge in [0.25, 0.3) is 0 Å². The van der Waals surface area contributed by atoms with Crippen LogP contribution in [0.15, 0.2) is 127 Å². The highest BCUT2D eigenvalue weighted by molar-refractivity contribution is 7.22. The molecule has 2 heterocycles. The van der Waals surface area contributed by atoms with Crippen molar-refractivity contribution < 1.29 is 28.2 Å². The summed E-state index contributed by atoms with van der Waals surface area (Å²) in [5.74, 6) is -0.0138. The van der Waals surface area contributed by atoms with E-state index in [0.29, 0.717) is 59.2 Å². The molecule has 312 valence electrons. The lowest BCUT2D eigenvalue weighted by Gasteiger charge is -2.13. The van der Waals surface area contributed by atoms with Crippen LogP contribution in [-0.4, -0.2) is 45.1 Å². The van der Waals surface area contributed by atoms with Crippen LogP contribution in [0.1, 0.15) is 49.3 Å². The maximum absolute atomic E-state index is 16.9. The minimum atomic E-state index is -0.427. The van der Waals surface area contributed by atoms with Gasteiger partial charge in [0.2, 0.25) is 5.13 Å². The molecule has 10 nitrogen and oxygen atoms in total. The summed E-state index contributed by atoms with van der Waals surface area (Å²) >= 11 is 2.59. The molecule has 0 unspecified atom stereocenters. The molecule has 0 saturated heterocycles. The number of esters is 2. The summed E-state index contributed by atoms with van der Waals surface area (Å²) in [4.78, 5) is 28.7. The first-order valence-electron chi connectivity index (χ1n) is 20.3. The van der Waals surface area contributed by atoms with Gasteiger partial charge < -0.3 is 14.2 Å². The van der Waals surface area contributed by atoms with Gasteiger partial charge in [-0.1, -0.05) is 98.0 Å². The standard InChI is InChI=1S/C49H42FN5O5S2/c1-3-7-31-8-13-33(14-9-31)39-21-22-40(46(50)41(39)30-51-53-49-52-48-43(61-49)24-23-42-47(48)55-62-54-42)36-16-15-35-29-38(20-17-34(35)28-36)60-45(57)25-12-32-10-18-37(19-11-32)58-26-5-6-27-59-44(56)4-2/h4,8-11,13-24,28-30H,2-3,5-7,12,25-27H2,1H3,(H,52,53)/b51-30+. The molecule has 0 aliphatic carbocycles. The third-order valence-electron chi connectivity index (χ3n) is 10.2. The zero-order valence-corrected chi connectivity index (χ0v) is 35.6. The first kappa shape index (κ1) is 41.9. The minimum absolute atomic E-state index is 0.203. The lowest BCUT2D eigenvalue weighted by atomic mass is 9.93. The lowest BCUT2D eigenvalue weighted by Crippen LogP contribution is -2.09. The molecular weight excluding hydrogens is 822 g/mol. The average molecular weight is 864 g/mol. The molecule has 0 radical (unpaired) electrons. The van der Waals surface area contributed by atoms with E-state index in [2.05, 4.69) is 44.9 Å². The van der Waals surface area contributed by atoms with Crippen LogP contribution < -0.4 is 14.9 Å². The van der Waals surface area contributed by atoms with Gasteiger partial charge in [0.05, 0.1) is 35.9 Å². The summed E-state index contributed by atoms with van der Waals surface area (Å²) in [6.45, 7) is 6.35. The molecule has 0 atom stereocenters. The van der Waals surface area contributed by atoms with Crippen molar-refractivity contribution in [3.63, 3.8) is 0 Å². The summed E-state index contributed by atoms with van der Waals surface area (Å²) < 4.78 is 43.0. The number of aryl methyl sites for hydroxylation is 2. The van der Waals surface area contributed by atoms with Crippen molar-refractivity contribution >= 4 is 78.4 Å². The fourth-order valence-electron chi connectivity index (χ4n) is 7.03. The minimum Gasteiger partial charge on any atom is -0.494 e. The van der Waals surface area contributed by atoms with Crippen LogP contribution in [0.2, 0.25) is 0 Å². The van der Waals surface area contributed by atoms with Crippen molar-refractivity contribution in [2.24, 2.45) is 5.10 Å². The van der Waals surface area contributed by atoms with E-state index in [1.54, 1.807) is 6.07 Å². The fraction of sp³-hybridized carbons (Fsp3) is 0.184. The Morgan fingerprint density at radius 2 is 1.52 bits per heavy atom. The number of benzene rings is 6. The molecule has 0 spiro atoms. The molecule has 1 N–H and O–H groups in total. The third kappa shape index (κ3) is 10.0. The Kier molecular flexibility index (Phi) is 13.3. The molecule has 8 aromatic rings. The van der Waals surface area contributed by atoms with Crippen molar-refractivity contribution in [1.29, 1.82) is 0 Å². The monoisotopic (exact) mass is 863 g/mol. The summed E-state index contributed by atoms with van der Waals surface area (Å²) in [7, 11) is 0. The van der Waals surface area contributed by atoms with Crippen molar-refractivity contribution in [3.05, 3.63) is 144 Å². The van der Waals surface area contributed by atoms with E-state index in [-0.39, 0.29) is 12.4 Å². The second kappa shape index (κ2) is 19.7. The molecule has 0 saturated carbocycles. The van der Waals surface area contributed by atoms with Crippen LogP contribution in [0.25, 0.3) is 54.3 Å². The summed E-state index contributed by atoms with van der Waals surface area (Å²) in [5, 5.41) is 6.76. The fourth-order valence-corrected chi connectivity index (χ4v) is 8.39. The number of aromatic nitrogens is 3. The molecule has 0 amide bonds. The highest BCUT2D eigenvalue weighted by atomic mass is 32.1. The van der Waals surface area contributed by atoms with Crippen LogP contribution in [0.3, 0.4) is 0 Å². The first-order chi connectivity index (χ1) is 30.3. The number of nitrogens with zero attached hydrogens (tertiary/aromatic N) is 4. The topological polar surface area (TPSA) is 125 Å². The van der Waals surface area contributed by atoms with Gasteiger partial charge >= 0.3 is 11.9 Å². The number of anilines is 1. The molecular formula is C49H42FN5O5S2. The van der Waals surface area contributed by atoms with Crippen LogP contribution in [0, 0.1) is 5.82 Å². The number of unbranched alkanes of at least 4 members (excludes halogenated alkanes) is 1. The second-order valence-corrected chi connectivity index (χ2v) is 16.1. The Morgan fingerprint density at radius 3 is 2.34 bits per heavy atom. The van der Waals surface area contributed by atoms with E-state index in [1.807, 2.05) is 91.0 Å². The van der Waals surface area contributed by atoms with Gasteiger partial charge in [-0.05, 0) is 107 Å². The van der Waals surface area contributed by atoms with Crippen LogP contribution in [0.5, 0.6) is 11.5 Å². The van der Waals surface area contributed by atoms with Crippen molar-refractivity contribution in [2.75, 3.05) is 18.6 Å². The molecule has 0 fully saturated rings. The van der Waals surface area contributed by atoms with Crippen LogP contribution in [-0.2, 0) is 27.2 Å². The van der Waals surface area contributed by atoms with Gasteiger partial charge in [-0.25, -0.2) is 14.2 Å². The van der Waals surface area contributed by atoms with Crippen LogP contribution in [0.4, 0.5) is 9.52 Å². The molecule has 0 aliphatic heterocycles. The summed E-state index contributed by atoms with van der Waals surface area (Å²) in [6, 6.07) is 34.6. The number of ether oxygens (including phenoxy) is 3. The van der Waals surface area contributed by atoms with Crippen molar-refractivity contribution in [2.45, 2.75) is 45.4 Å². The SMILES string of the molecule is C=CC(=O)OCCCCOc1ccc(CCC(=O)Oc2ccc3cc(-c4ccc(-c5ccc(CCC)cc5)c(/C=N/Nc5nc6c(ccc7nsnc76)s5)c4F)ccc3c2)cc1. The molecule has 2 aromatic heterocycles. The number of carbonyl (C=O) groups is 2. The van der Waals surface area contributed by atoms with Gasteiger partial charge in [-0.15, -0.1) is 0 Å². The highest BCUT2D eigenvalue weighted by Gasteiger charge is 2.17. The Labute approximate surface area is 366 Å². The number of hydrogen-bond acceptors (Lipinski definition) is 12. The number of halogens is 1. The van der Waals surface area contributed by atoms with E-state index in [9.17, 15) is 9.59 Å². The highest BCUT2D eigenvalue weighted by Crippen LogP contribution is 2.35. The van der Waals surface area contributed by atoms with Gasteiger partial charge in [0.15, 0.2) is 0 Å². The second-order valence-electron chi connectivity index (χ2n) is 14.5. The smallest absolute Gasteiger partial charge is 0.330 e. The van der Waals surface area contributed by atoms with Crippen molar-refractivity contribution in [1.82, 2.24) is 13.7 Å². The molecule has 13 heteroatoms. The number of fused-ring (bicyclic) bond motifs is 4. The normalized spacial score (nSPS) is 11.4. The van der Waals surface area contributed by atoms with E-state index >= 15 is 4.39 Å². The van der Waals surface area contributed by atoms with E-state index in [4.69, 9.17) is 19.2 Å². The predicted molar refractivity (Wildman–Crippen MR) is 247 cm³/mol. The molecule has 62 heavy (non-hydrogen) atoms. The van der Waals surface area contributed by atoms with Gasteiger partial charge in [0.1, 0.15) is 33.9 Å². The third-order valence-corrected chi connectivity index (χ3v) is 11.7. The molecule has 0 aliphatic rings. The summed E-state index contributed by atoms with van der Waals surface area (Å²) in [5.41, 5.74) is 10.6. The molecule has 8 rings (SSSR count). The number of nitrogens with one attached hydrogen (secondary N) is 1. The van der Waals surface area contributed by atoms with Crippen LogP contribution >= 0.6 is 23.1 Å². The Morgan fingerprint density at radius 1 is 0.790 bits per heavy atom. The zero-order valence-electron chi connectivity index (χ0n) is 33.9. The first-order valence-corrected chi connectivity index (χ1v) is 21.9. The van der Waals surface area contributed by atoms with Crippen molar-refractivity contribution in [3.8, 4) is 33.8 Å². The number of hydrazone groups is 1.